The quantitative estimate of drug-likeness (QED) is 0.505. The van der Waals surface area contributed by atoms with Gasteiger partial charge in [0, 0.05) is 13.1 Å². The molecule has 1 aliphatic rings. The minimum absolute atomic E-state index is 0.0350. The highest BCUT2D eigenvalue weighted by Crippen LogP contribution is 2.26. The molecule has 0 fully saturated rings. The molecule has 1 N–H and O–H groups in total. The van der Waals surface area contributed by atoms with Gasteiger partial charge >= 0.3 is 0 Å². The van der Waals surface area contributed by atoms with Crippen molar-refractivity contribution >= 4 is 17.3 Å². The number of aromatic nitrogens is 2. The summed E-state index contributed by atoms with van der Waals surface area (Å²) in [4.78, 5) is 2.26. The molecule has 0 radical (unpaired) electrons. The zero-order valence-electron chi connectivity index (χ0n) is 14.7. The Kier molecular flexibility index (Phi) is 9.93. The van der Waals surface area contributed by atoms with Gasteiger partial charge in [0.15, 0.2) is 0 Å². The fraction of sp³-hybridized carbons (Fsp3) is 0.750. The van der Waals surface area contributed by atoms with Crippen molar-refractivity contribution in [3.63, 3.8) is 0 Å². The lowest BCUT2D eigenvalue weighted by atomic mass is 10.1. The topological polar surface area (TPSA) is 86.2 Å². The highest BCUT2D eigenvalue weighted by atomic mass is 32.1. The summed E-state index contributed by atoms with van der Waals surface area (Å²) in [5.41, 5.74) is 2.03. The van der Waals surface area contributed by atoms with Crippen LogP contribution in [0.4, 0.5) is 0 Å². The maximum atomic E-state index is 8.55. The van der Waals surface area contributed by atoms with Gasteiger partial charge in [-0.15, -0.1) is 4.37 Å². The number of aliphatic hydroxyl groups is 1. The Labute approximate surface area is 152 Å². The first-order valence-electron chi connectivity index (χ1n) is 8.48. The predicted molar refractivity (Wildman–Crippen MR) is 95.0 cm³/mol. The van der Waals surface area contributed by atoms with Crippen LogP contribution in [0.5, 0.6) is 5.88 Å². The first kappa shape index (κ1) is 20.2. The summed E-state index contributed by atoms with van der Waals surface area (Å²) in [5.74, 6) is 0.590. The van der Waals surface area contributed by atoms with E-state index in [1.54, 1.807) is 0 Å². The van der Waals surface area contributed by atoms with E-state index >= 15 is 0 Å². The van der Waals surface area contributed by atoms with E-state index in [0.29, 0.717) is 52.1 Å². The second-order valence-corrected chi connectivity index (χ2v) is 6.11. The molecule has 1 aliphatic heterocycles. The molecule has 0 spiro atoms. The van der Waals surface area contributed by atoms with E-state index in [9.17, 15) is 0 Å². The van der Waals surface area contributed by atoms with Gasteiger partial charge in [-0.3, -0.25) is 0 Å². The van der Waals surface area contributed by atoms with Crippen LogP contribution in [0.2, 0.25) is 0 Å². The Bertz CT molecular complexity index is 512. The average molecular weight is 373 g/mol. The van der Waals surface area contributed by atoms with Crippen LogP contribution in [0.3, 0.4) is 0 Å². The molecular weight excluding hydrogens is 346 g/mol. The van der Waals surface area contributed by atoms with Gasteiger partial charge in [-0.1, -0.05) is 6.08 Å². The van der Waals surface area contributed by atoms with Crippen LogP contribution in [0, 0.1) is 0 Å². The van der Waals surface area contributed by atoms with Gasteiger partial charge in [0.2, 0.25) is 0 Å². The highest BCUT2D eigenvalue weighted by molar-refractivity contribution is 6.99. The lowest BCUT2D eigenvalue weighted by Gasteiger charge is -2.22. The summed E-state index contributed by atoms with van der Waals surface area (Å²) in [6.45, 7) is 5.21. The van der Waals surface area contributed by atoms with Gasteiger partial charge in [-0.05, 0) is 19.0 Å². The first-order valence-corrected chi connectivity index (χ1v) is 9.21. The summed E-state index contributed by atoms with van der Waals surface area (Å²) in [5, 5.41) is 8.55. The molecular formula is C16H27N3O5S. The largest absolute Gasteiger partial charge is 0.473 e. The monoisotopic (exact) mass is 373 g/mol. The third-order valence-corrected chi connectivity index (χ3v) is 4.06. The molecule has 0 bridgehead atoms. The van der Waals surface area contributed by atoms with Crippen LogP contribution in [0.1, 0.15) is 12.1 Å². The van der Waals surface area contributed by atoms with E-state index < -0.39 is 0 Å². The second-order valence-electron chi connectivity index (χ2n) is 5.58. The van der Waals surface area contributed by atoms with E-state index in [1.807, 2.05) is 0 Å². The first-order chi connectivity index (χ1) is 12.3. The summed E-state index contributed by atoms with van der Waals surface area (Å²) >= 11 is 1.17. The van der Waals surface area contributed by atoms with E-state index in [1.165, 1.54) is 17.3 Å². The Morgan fingerprint density at radius 2 is 1.72 bits per heavy atom. The van der Waals surface area contributed by atoms with Gasteiger partial charge in [0.1, 0.15) is 12.3 Å². The molecule has 2 rings (SSSR count). The van der Waals surface area contributed by atoms with E-state index in [4.69, 9.17) is 24.1 Å². The number of ether oxygens (including phenoxy) is 4. The normalized spacial score (nSPS) is 15.4. The summed E-state index contributed by atoms with van der Waals surface area (Å²) in [6.07, 6.45) is 3.23. The Hall–Kier alpha value is -1.10. The van der Waals surface area contributed by atoms with E-state index in [-0.39, 0.29) is 6.61 Å². The molecule has 0 saturated carbocycles. The number of aliphatic hydroxyl groups excluding tert-OH is 1. The number of likely N-dealkylation sites (N-methyl/N-ethyl adjacent to an activating group) is 1. The van der Waals surface area contributed by atoms with Crippen molar-refractivity contribution in [3.05, 3.63) is 11.8 Å². The fourth-order valence-electron chi connectivity index (χ4n) is 2.34. The zero-order chi connectivity index (χ0) is 17.7. The van der Waals surface area contributed by atoms with Crippen molar-refractivity contribution in [2.24, 2.45) is 0 Å². The standard InChI is InChI=1S/C16H27N3O5S/c1-19-4-2-3-14(13-19)15-16(18-25-17-15)24-12-11-23-10-9-22-8-7-21-6-5-20/h3,20H,2,4-13H2,1H3. The van der Waals surface area contributed by atoms with Crippen LogP contribution < -0.4 is 4.74 Å². The van der Waals surface area contributed by atoms with Crippen molar-refractivity contribution in [1.82, 2.24) is 13.6 Å². The van der Waals surface area contributed by atoms with Crippen molar-refractivity contribution in [2.75, 3.05) is 73.0 Å². The summed E-state index contributed by atoms with van der Waals surface area (Å²) in [6, 6.07) is 0. The Morgan fingerprint density at radius 3 is 2.40 bits per heavy atom. The van der Waals surface area contributed by atoms with Crippen molar-refractivity contribution in [2.45, 2.75) is 6.42 Å². The van der Waals surface area contributed by atoms with Gasteiger partial charge in [-0.2, -0.15) is 4.37 Å². The van der Waals surface area contributed by atoms with Gasteiger partial charge in [0.05, 0.1) is 58.0 Å². The highest BCUT2D eigenvalue weighted by Gasteiger charge is 2.18. The fourth-order valence-corrected chi connectivity index (χ4v) is 2.87. The molecule has 1 aromatic rings. The van der Waals surface area contributed by atoms with Crippen LogP contribution in [0.15, 0.2) is 6.08 Å². The molecule has 8 nitrogen and oxygen atoms in total. The Balaban J connectivity index is 1.54. The predicted octanol–water partition coefficient (Wildman–Crippen LogP) is 0.678. The SMILES string of the molecule is CN1CCC=C(c2nsnc2OCCOCCOCCOCCO)C1. The number of rotatable bonds is 13. The molecule has 9 heteroatoms. The molecule has 0 unspecified atom stereocenters. The molecule has 0 saturated heterocycles. The smallest absolute Gasteiger partial charge is 0.253 e. The van der Waals surface area contributed by atoms with Crippen molar-refractivity contribution < 1.29 is 24.1 Å². The van der Waals surface area contributed by atoms with E-state index in [0.717, 1.165) is 25.2 Å². The number of nitrogens with zero attached hydrogens (tertiary/aromatic N) is 3. The van der Waals surface area contributed by atoms with Crippen LogP contribution in [0.25, 0.3) is 5.57 Å². The van der Waals surface area contributed by atoms with Crippen molar-refractivity contribution in [1.29, 1.82) is 0 Å². The summed E-state index contributed by atoms with van der Waals surface area (Å²) < 4.78 is 30.2. The maximum Gasteiger partial charge on any atom is 0.253 e. The average Bonchev–Trinajstić information content (AvgIpc) is 3.08. The third kappa shape index (κ3) is 7.76. The third-order valence-electron chi connectivity index (χ3n) is 3.55. The minimum Gasteiger partial charge on any atom is -0.473 e. The molecule has 1 aromatic heterocycles. The lowest BCUT2D eigenvalue weighted by Crippen LogP contribution is -2.25. The van der Waals surface area contributed by atoms with E-state index in [2.05, 4.69) is 26.8 Å². The van der Waals surface area contributed by atoms with Crippen molar-refractivity contribution in [3.8, 4) is 5.88 Å². The lowest BCUT2D eigenvalue weighted by molar-refractivity contribution is 0.00344. The van der Waals surface area contributed by atoms with Gasteiger partial charge in [-0.25, -0.2) is 0 Å². The molecule has 0 aliphatic carbocycles. The summed E-state index contributed by atoms with van der Waals surface area (Å²) in [7, 11) is 2.10. The zero-order valence-corrected chi connectivity index (χ0v) is 15.5. The molecule has 142 valence electrons. The Morgan fingerprint density at radius 1 is 1.04 bits per heavy atom. The van der Waals surface area contributed by atoms with Crippen LogP contribution in [-0.4, -0.2) is 91.7 Å². The second kappa shape index (κ2) is 12.3. The number of hydrogen-bond acceptors (Lipinski definition) is 9. The molecule has 0 aromatic carbocycles. The molecule has 0 amide bonds. The van der Waals surface area contributed by atoms with Gasteiger partial charge in [0.25, 0.3) is 5.88 Å². The minimum atomic E-state index is 0.0350. The molecule has 25 heavy (non-hydrogen) atoms. The van der Waals surface area contributed by atoms with Crippen LogP contribution >= 0.6 is 11.7 Å². The molecule has 0 atom stereocenters. The van der Waals surface area contributed by atoms with Crippen LogP contribution in [-0.2, 0) is 14.2 Å². The maximum absolute atomic E-state index is 8.55. The number of hydrogen-bond donors (Lipinski definition) is 1. The molecule has 2 heterocycles. The van der Waals surface area contributed by atoms with Gasteiger partial charge < -0.3 is 29.0 Å².